The monoisotopic (exact) mass is 478 g/mol. The fourth-order valence-electron chi connectivity index (χ4n) is 5.13. The topological polar surface area (TPSA) is 40.1 Å². The van der Waals surface area contributed by atoms with E-state index >= 15 is 0 Å². The van der Waals surface area contributed by atoms with Crippen LogP contribution in [0.15, 0.2) is 4.99 Å². The van der Waals surface area contributed by atoms with E-state index in [-0.39, 0.29) is 24.0 Å². The molecule has 3 rings (SSSR count). The molecule has 2 unspecified atom stereocenters. The van der Waals surface area contributed by atoms with E-state index in [0.29, 0.717) is 17.6 Å². The van der Waals surface area contributed by atoms with E-state index < -0.39 is 0 Å². The van der Waals surface area contributed by atoms with Crippen molar-refractivity contribution in [3.63, 3.8) is 0 Å². The SMILES string of the molecule is CN=C(NCCCN1CC(C)OC(C)C1)N1CCC2(CCCCC2)C1.I. The molecule has 2 saturated heterocycles. The van der Waals surface area contributed by atoms with Crippen molar-refractivity contribution in [2.75, 3.05) is 46.3 Å². The molecule has 1 N–H and O–H groups in total. The smallest absolute Gasteiger partial charge is 0.193 e. The maximum absolute atomic E-state index is 5.82. The van der Waals surface area contributed by atoms with Crippen LogP contribution < -0.4 is 5.32 Å². The minimum absolute atomic E-state index is 0. The molecule has 1 aliphatic carbocycles. The lowest BCUT2D eigenvalue weighted by Crippen LogP contribution is -2.46. The van der Waals surface area contributed by atoms with Gasteiger partial charge in [-0.3, -0.25) is 9.89 Å². The van der Waals surface area contributed by atoms with E-state index in [1.54, 1.807) is 0 Å². The lowest BCUT2D eigenvalue weighted by Gasteiger charge is -2.35. The molecule has 2 heterocycles. The summed E-state index contributed by atoms with van der Waals surface area (Å²) in [4.78, 5) is 9.60. The van der Waals surface area contributed by atoms with Gasteiger partial charge in [-0.1, -0.05) is 19.3 Å². The predicted molar refractivity (Wildman–Crippen MR) is 120 cm³/mol. The molecule has 0 radical (unpaired) electrons. The highest BCUT2D eigenvalue weighted by Crippen LogP contribution is 2.43. The number of nitrogens with zero attached hydrogens (tertiary/aromatic N) is 3. The van der Waals surface area contributed by atoms with Crippen molar-refractivity contribution in [1.82, 2.24) is 15.1 Å². The molecule has 0 aromatic rings. The molecule has 3 aliphatic rings. The Hall–Kier alpha value is -0.0800. The molecular formula is C20H39IN4O. The van der Waals surface area contributed by atoms with Crippen LogP contribution in [-0.2, 0) is 4.74 Å². The van der Waals surface area contributed by atoms with Crippen molar-refractivity contribution in [2.24, 2.45) is 10.4 Å². The van der Waals surface area contributed by atoms with Gasteiger partial charge in [-0.05, 0) is 44.9 Å². The van der Waals surface area contributed by atoms with E-state index in [2.05, 4.69) is 34.0 Å². The van der Waals surface area contributed by atoms with Crippen LogP contribution in [0.3, 0.4) is 0 Å². The van der Waals surface area contributed by atoms with Gasteiger partial charge in [0.05, 0.1) is 12.2 Å². The Labute approximate surface area is 177 Å². The number of halogens is 1. The molecule has 0 aromatic carbocycles. The summed E-state index contributed by atoms with van der Waals surface area (Å²) in [5, 5.41) is 3.61. The first-order valence-corrected chi connectivity index (χ1v) is 10.4. The first kappa shape index (κ1) is 22.2. The van der Waals surface area contributed by atoms with Gasteiger partial charge in [-0.15, -0.1) is 24.0 Å². The molecule has 6 heteroatoms. The van der Waals surface area contributed by atoms with Crippen molar-refractivity contribution in [1.29, 1.82) is 0 Å². The van der Waals surface area contributed by atoms with Gasteiger partial charge in [0, 0.05) is 46.3 Å². The Morgan fingerprint density at radius 3 is 2.46 bits per heavy atom. The van der Waals surface area contributed by atoms with Crippen molar-refractivity contribution in [2.45, 2.75) is 71.0 Å². The highest BCUT2D eigenvalue weighted by Gasteiger charge is 2.39. The van der Waals surface area contributed by atoms with Crippen LogP contribution in [0.5, 0.6) is 0 Å². The molecular weight excluding hydrogens is 439 g/mol. The molecule has 152 valence electrons. The third kappa shape index (κ3) is 5.96. The molecule has 0 amide bonds. The summed E-state index contributed by atoms with van der Waals surface area (Å²) in [7, 11) is 1.93. The second kappa shape index (κ2) is 10.5. The molecule has 5 nitrogen and oxygen atoms in total. The minimum atomic E-state index is 0. The summed E-state index contributed by atoms with van der Waals surface area (Å²) in [5.74, 6) is 1.12. The Bertz CT molecular complexity index is 443. The minimum Gasteiger partial charge on any atom is -0.373 e. The number of guanidine groups is 1. The fourth-order valence-corrected chi connectivity index (χ4v) is 5.13. The fraction of sp³-hybridized carbons (Fsp3) is 0.950. The molecule has 1 saturated carbocycles. The summed E-state index contributed by atoms with van der Waals surface area (Å²) in [6, 6.07) is 0. The third-order valence-corrected chi connectivity index (χ3v) is 6.29. The lowest BCUT2D eigenvalue weighted by atomic mass is 9.73. The summed E-state index contributed by atoms with van der Waals surface area (Å²) in [6.45, 7) is 11.0. The summed E-state index contributed by atoms with van der Waals surface area (Å²) < 4.78 is 5.82. The van der Waals surface area contributed by atoms with Gasteiger partial charge >= 0.3 is 0 Å². The number of likely N-dealkylation sites (tertiary alicyclic amines) is 1. The molecule has 2 atom stereocenters. The van der Waals surface area contributed by atoms with E-state index in [9.17, 15) is 0 Å². The average Bonchev–Trinajstić information content (AvgIpc) is 2.98. The van der Waals surface area contributed by atoms with Gasteiger partial charge in [-0.2, -0.15) is 0 Å². The van der Waals surface area contributed by atoms with Gasteiger partial charge < -0.3 is 15.0 Å². The van der Waals surface area contributed by atoms with E-state index in [0.717, 1.165) is 38.6 Å². The Morgan fingerprint density at radius 2 is 1.81 bits per heavy atom. The second-order valence-corrected chi connectivity index (χ2v) is 8.58. The average molecular weight is 478 g/mol. The zero-order valence-electron chi connectivity index (χ0n) is 17.0. The molecule has 3 fully saturated rings. The van der Waals surface area contributed by atoms with Crippen molar-refractivity contribution in [3.05, 3.63) is 0 Å². The highest BCUT2D eigenvalue weighted by atomic mass is 127. The zero-order valence-corrected chi connectivity index (χ0v) is 19.3. The quantitative estimate of drug-likeness (QED) is 0.291. The second-order valence-electron chi connectivity index (χ2n) is 8.58. The molecule has 26 heavy (non-hydrogen) atoms. The van der Waals surface area contributed by atoms with Crippen LogP contribution in [0.4, 0.5) is 0 Å². The van der Waals surface area contributed by atoms with Crippen molar-refractivity contribution >= 4 is 29.9 Å². The summed E-state index contributed by atoms with van der Waals surface area (Å²) in [5.41, 5.74) is 0.593. The van der Waals surface area contributed by atoms with E-state index in [1.165, 1.54) is 51.6 Å². The first-order chi connectivity index (χ1) is 12.1. The largest absolute Gasteiger partial charge is 0.373 e. The number of aliphatic imine (C=N–C) groups is 1. The van der Waals surface area contributed by atoms with Gasteiger partial charge in [0.25, 0.3) is 0 Å². The van der Waals surface area contributed by atoms with Crippen molar-refractivity contribution < 1.29 is 4.74 Å². The van der Waals surface area contributed by atoms with Crippen molar-refractivity contribution in [3.8, 4) is 0 Å². The van der Waals surface area contributed by atoms with Crippen LogP contribution in [0, 0.1) is 5.41 Å². The molecule has 0 bridgehead atoms. The number of rotatable bonds is 4. The summed E-state index contributed by atoms with van der Waals surface area (Å²) in [6.07, 6.45) is 10.4. The van der Waals surface area contributed by atoms with Gasteiger partial charge in [0.2, 0.25) is 0 Å². The standard InChI is InChI=1S/C20H38N4O.HI/c1-17-14-23(15-18(2)25-17)12-7-11-22-19(21-3)24-13-10-20(16-24)8-5-4-6-9-20;/h17-18H,4-16H2,1-3H3,(H,21,22);1H. The normalized spacial score (nSPS) is 29.7. The molecule has 0 aromatic heterocycles. The first-order valence-electron chi connectivity index (χ1n) is 10.4. The number of nitrogens with one attached hydrogen (secondary N) is 1. The number of hydrogen-bond acceptors (Lipinski definition) is 3. The van der Waals surface area contributed by atoms with Crippen LogP contribution in [0.25, 0.3) is 0 Å². The Kier molecular flexibility index (Phi) is 8.94. The third-order valence-electron chi connectivity index (χ3n) is 6.29. The maximum Gasteiger partial charge on any atom is 0.193 e. The highest BCUT2D eigenvalue weighted by molar-refractivity contribution is 14.0. The van der Waals surface area contributed by atoms with Gasteiger partial charge in [-0.25, -0.2) is 0 Å². The number of ether oxygens (including phenoxy) is 1. The summed E-state index contributed by atoms with van der Waals surface area (Å²) >= 11 is 0. The molecule has 1 spiro atoms. The lowest BCUT2D eigenvalue weighted by molar-refractivity contribution is -0.0679. The van der Waals surface area contributed by atoms with E-state index in [4.69, 9.17) is 4.74 Å². The van der Waals surface area contributed by atoms with E-state index in [1.807, 2.05) is 7.05 Å². The van der Waals surface area contributed by atoms with Crippen LogP contribution in [0.1, 0.15) is 58.8 Å². The zero-order chi connectivity index (χ0) is 17.7. The van der Waals surface area contributed by atoms with Crippen LogP contribution >= 0.6 is 24.0 Å². The van der Waals surface area contributed by atoms with Crippen LogP contribution in [-0.4, -0.2) is 74.3 Å². The number of morpholine rings is 1. The molecule has 2 aliphatic heterocycles. The number of hydrogen-bond donors (Lipinski definition) is 1. The van der Waals surface area contributed by atoms with Crippen LogP contribution in [0.2, 0.25) is 0 Å². The Morgan fingerprint density at radius 1 is 1.12 bits per heavy atom. The van der Waals surface area contributed by atoms with Gasteiger partial charge in [0.15, 0.2) is 5.96 Å². The maximum atomic E-state index is 5.82. The predicted octanol–water partition coefficient (Wildman–Crippen LogP) is 3.34. The Balaban J connectivity index is 0.00000243. The van der Waals surface area contributed by atoms with Gasteiger partial charge in [0.1, 0.15) is 0 Å².